The summed E-state index contributed by atoms with van der Waals surface area (Å²) >= 11 is 13.6. The summed E-state index contributed by atoms with van der Waals surface area (Å²) in [4.78, 5) is 13.2. The molecule has 0 amide bonds. The van der Waals surface area contributed by atoms with Gasteiger partial charge in [0.05, 0.1) is 5.02 Å². The summed E-state index contributed by atoms with van der Waals surface area (Å²) < 4.78 is 6.52. The van der Waals surface area contributed by atoms with Crippen LogP contribution in [0.1, 0.15) is 42.3 Å². The fraction of sp³-hybridized carbons (Fsp3) is 0.409. The SMILES string of the molecule is Cc1ccc2c(c1Cl)[Si](C)(C)c1c(ccc(O[Si](C)(C)C(C)(C)C)c1Cl)C2=O. The Morgan fingerprint density at radius 3 is 1.96 bits per heavy atom. The van der Waals surface area contributed by atoms with Gasteiger partial charge in [0.1, 0.15) is 13.8 Å². The van der Waals surface area contributed by atoms with E-state index in [1.54, 1.807) is 0 Å². The van der Waals surface area contributed by atoms with E-state index >= 15 is 0 Å². The van der Waals surface area contributed by atoms with E-state index in [2.05, 4.69) is 47.0 Å². The van der Waals surface area contributed by atoms with Gasteiger partial charge in [0.25, 0.3) is 8.32 Å². The van der Waals surface area contributed by atoms with E-state index in [9.17, 15) is 4.79 Å². The van der Waals surface area contributed by atoms with Gasteiger partial charge in [0.15, 0.2) is 5.78 Å². The first kappa shape index (κ1) is 21.6. The Hall–Kier alpha value is -1.08. The van der Waals surface area contributed by atoms with E-state index in [0.717, 1.165) is 15.9 Å². The minimum absolute atomic E-state index is 0.000462. The summed E-state index contributed by atoms with van der Waals surface area (Å²) in [5.74, 6) is 0.687. The Labute approximate surface area is 180 Å². The molecule has 0 fully saturated rings. The maximum atomic E-state index is 13.2. The van der Waals surface area contributed by atoms with Crippen LogP contribution in [0, 0.1) is 6.92 Å². The molecule has 0 aliphatic carbocycles. The summed E-state index contributed by atoms with van der Waals surface area (Å²) in [5.41, 5.74) is 2.40. The predicted octanol–water partition coefficient (Wildman–Crippen LogP) is 6.05. The number of carbonyl (C=O) groups is 1. The van der Waals surface area contributed by atoms with Crippen molar-refractivity contribution >= 4 is 55.7 Å². The van der Waals surface area contributed by atoms with Gasteiger partial charge in [-0.25, -0.2) is 0 Å². The molecule has 1 aliphatic heterocycles. The molecule has 0 radical (unpaired) electrons. The molecule has 0 saturated carbocycles. The first-order chi connectivity index (χ1) is 12.7. The lowest BCUT2D eigenvalue weighted by Gasteiger charge is -2.39. The minimum atomic E-state index is -2.30. The van der Waals surface area contributed by atoms with Crippen molar-refractivity contribution in [1.82, 2.24) is 0 Å². The molecule has 0 unspecified atom stereocenters. The molecule has 0 N–H and O–H groups in total. The minimum Gasteiger partial charge on any atom is -0.543 e. The van der Waals surface area contributed by atoms with Crippen LogP contribution in [0.5, 0.6) is 5.75 Å². The quantitative estimate of drug-likeness (QED) is 0.520. The second kappa shape index (κ2) is 6.73. The first-order valence-electron chi connectivity index (χ1n) is 9.56. The number of hydrogen-bond donors (Lipinski definition) is 0. The summed E-state index contributed by atoms with van der Waals surface area (Å²) in [6, 6.07) is 7.58. The third kappa shape index (κ3) is 3.19. The second-order valence-electron chi connectivity index (χ2n) is 9.74. The van der Waals surface area contributed by atoms with Gasteiger partial charge in [-0.2, -0.15) is 0 Å². The van der Waals surface area contributed by atoms with Gasteiger partial charge in [0, 0.05) is 16.1 Å². The van der Waals surface area contributed by atoms with Crippen LogP contribution >= 0.6 is 23.2 Å². The summed E-state index contributed by atoms with van der Waals surface area (Å²) in [6.07, 6.45) is 0. The van der Waals surface area contributed by atoms with Crippen molar-refractivity contribution < 1.29 is 9.22 Å². The lowest BCUT2D eigenvalue weighted by Crippen LogP contribution is -2.61. The van der Waals surface area contributed by atoms with Gasteiger partial charge >= 0.3 is 0 Å². The van der Waals surface area contributed by atoms with Crippen molar-refractivity contribution in [3.05, 3.63) is 51.0 Å². The Kier molecular flexibility index (Phi) is 5.20. The molecule has 150 valence electrons. The number of benzene rings is 2. The maximum absolute atomic E-state index is 13.2. The lowest BCUT2D eigenvalue weighted by atomic mass is 10.0. The van der Waals surface area contributed by atoms with Crippen molar-refractivity contribution in [3.8, 4) is 5.75 Å². The van der Waals surface area contributed by atoms with Gasteiger partial charge in [-0.05, 0) is 53.1 Å². The normalized spacial score (nSPS) is 15.9. The number of ketones is 1. The Balaban J connectivity index is 2.24. The van der Waals surface area contributed by atoms with Crippen LogP contribution in [0.3, 0.4) is 0 Å². The molecule has 0 spiro atoms. The standard InChI is InChI=1S/C22H28Cl2O2Si2/c1-13-9-10-14-19(25)15-11-12-16(26-28(7,8)22(2,3)4)18(24)21(15)27(5,6)20(14)17(13)23/h9-12H,1-8H3. The topological polar surface area (TPSA) is 26.3 Å². The van der Waals surface area contributed by atoms with Crippen LogP contribution in [0.4, 0.5) is 0 Å². The maximum Gasteiger partial charge on any atom is 0.250 e. The Morgan fingerprint density at radius 1 is 0.929 bits per heavy atom. The third-order valence-corrected chi connectivity index (χ3v) is 15.4. The predicted molar refractivity (Wildman–Crippen MR) is 126 cm³/mol. The monoisotopic (exact) mass is 450 g/mol. The fourth-order valence-electron chi connectivity index (χ4n) is 3.61. The average Bonchev–Trinajstić information content (AvgIpc) is 2.55. The zero-order chi connectivity index (χ0) is 21.2. The molecule has 0 saturated heterocycles. The number of halogens is 2. The highest BCUT2D eigenvalue weighted by molar-refractivity contribution is 7.04. The van der Waals surface area contributed by atoms with Gasteiger partial charge < -0.3 is 4.43 Å². The molecular weight excluding hydrogens is 423 g/mol. The van der Waals surface area contributed by atoms with Crippen LogP contribution in [-0.4, -0.2) is 22.2 Å². The van der Waals surface area contributed by atoms with Crippen molar-refractivity contribution in [2.75, 3.05) is 0 Å². The molecule has 2 aromatic carbocycles. The van der Waals surface area contributed by atoms with E-state index in [1.807, 2.05) is 31.2 Å². The Bertz CT molecular complexity index is 989. The van der Waals surface area contributed by atoms with Crippen LogP contribution in [0.2, 0.25) is 41.3 Å². The molecule has 0 aromatic heterocycles. The van der Waals surface area contributed by atoms with E-state index in [0.29, 0.717) is 26.9 Å². The zero-order valence-electron chi connectivity index (χ0n) is 17.9. The first-order valence-corrected chi connectivity index (χ1v) is 16.2. The highest BCUT2D eigenvalue weighted by atomic mass is 35.5. The number of aryl methyl sites for hydroxylation is 1. The van der Waals surface area contributed by atoms with Gasteiger partial charge in [-0.3, -0.25) is 4.79 Å². The molecule has 2 aromatic rings. The second-order valence-corrected chi connectivity index (χ2v) is 19.5. The molecule has 6 heteroatoms. The highest BCUT2D eigenvalue weighted by Gasteiger charge is 2.44. The third-order valence-electron chi connectivity index (χ3n) is 6.35. The molecule has 28 heavy (non-hydrogen) atoms. The Morgan fingerprint density at radius 2 is 1.43 bits per heavy atom. The van der Waals surface area contributed by atoms with Crippen molar-refractivity contribution in [1.29, 1.82) is 0 Å². The molecule has 0 bridgehead atoms. The molecule has 0 atom stereocenters. The molecule has 3 rings (SSSR count). The van der Waals surface area contributed by atoms with E-state index in [-0.39, 0.29) is 10.8 Å². The van der Waals surface area contributed by atoms with E-state index in [4.69, 9.17) is 27.6 Å². The van der Waals surface area contributed by atoms with Crippen molar-refractivity contribution in [2.45, 2.75) is 58.9 Å². The lowest BCUT2D eigenvalue weighted by molar-refractivity contribution is 0.104. The zero-order valence-corrected chi connectivity index (χ0v) is 21.4. The van der Waals surface area contributed by atoms with Crippen LogP contribution in [0.25, 0.3) is 0 Å². The molecule has 1 aliphatic rings. The summed E-state index contributed by atoms with van der Waals surface area (Å²) in [7, 11) is -4.35. The van der Waals surface area contributed by atoms with Gasteiger partial charge in [-0.1, -0.05) is 69.2 Å². The molecule has 2 nitrogen and oxygen atoms in total. The van der Waals surface area contributed by atoms with Crippen LogP contribution in [0.15, 0.2) is 24.3 Å². The van der Waals surface area contributed by atoms with E-state index in [1.165, 1.54) is 0 Å². The van der Waals surface area contributed by atoms with Gasteiger partial charge in [-0.15, -0.1) is 0 Å². The van der Waals surface area contributed by atoms with Gasteiger partial charge in [0.2, 0.25) is 0 Å². The number of rotatable bonds is 2. The van der Waals surface area contributed by atoms with Crippen LogP contribution < -0.4 is 14.8 Å². The van der Waals surface area contributed by atoms with E-state index < -0.39 is 16.4 Å². The van der Waals surface area contributed by atoms with Crippen molar-refractivity contribution in [3.63, 3.8) is 0 Å². The summed E-state index contributed by atoms with van der Waals surface area (Å²) in [6.45, 7) is 17.4. The van der Waals surface area contributed by atoms with Crippen molar-refractivity contribution in [2.24, 2.45) is 0 Å². The number of carbonyl (C=O) groups excluding carboxylic acids is 1. The molecular formula is C22H28Cl2O2Si2. The smallest absolute Gasteiger partial charge is 0.250 e. The number of hydrogen-bond acceptors (Lipinski definition) is 2. The van der Waals surface area contributed by atoms with Crippen LogP contribution in [-0.2, 0) is 0 Å². The number of fused-ring (bicyclic) bond motifs is 2. The fourth-order valence-corrected chi connectivity index (χ4v) is 9.90. The highest BCUT2D eigenvalue weighted by Crippen LogP contribution is 2.40. The summed E-state index contributed by atoms with van der Waals surface area (Å²) in [5, 5.41) is 3.26. The largest absolute Gasteiger partial charge is 0.543 e. The molecule has 1 heterocycles. The average molecular weight is 452 g/mol.